The summed E-state index contributed by atoms with van der Waals surface area (Å²) in [4.78, 5) is 29.4. The van der Waals surface area contributed by atoms with E-state index in [1.807, 2.05) is 30.3 Å². The van der Waals surface area contributed by atoms with Crippen molar-refractivity contribution in [3.8, 4) is 10.6 Å². The van der Waals surface area contributed by atoms with Gasteiger partial charge >= 0.3 is 0 Å². The van der Waals surface area contributed by atoms with Crippen LogP contribution in [0.4, 0.5) is 5.69 Å². The number of aromatic nitrogens is 1. The van der Waals surface area contributed by atoms with Crippen LogP contribution in [0.1, 0.15) is 15.2 Å². The molecule has 3 aromatic rings. The highest BCUT2D eigenvalue weighted by atomic mass is 32.1. The lowest BCUT2D eigenvalue weighted by molar-refractivity contribution is -0.384. The van der Waals surface area contributed by atoms with Crippen molar-refractivity contribution in [3.05, 3.63) is 81.3 Å². The Kier molecular flexibility index (Phi) is 4.85. The summed E-state index contributed by atoms with van der Waals surface area (Å²) >= 11 is 1.33. The zero-order chi connectivity index (χ0) is 17.8. The van der Waals surface area contributed by atoms with E-state index in [-0.39, 0.29) is 11.6 Å². The minimum atomic E-state index is -0.444. The van der Waals surface area contributed by atoms with E-state index in [9.17, 15) is 14.9 Å². The molecule has 0 unspecified atom stereocenters. The number of hydrogen-bond acceptors (Lipinski definition) is 5. The monoisotopic (exact) mass is 353 g/mol. The van der Waals surface area contributed by atoms with Crippen LogP contribution in [-0.2, 0) is 6.54 Å². The normalized spacial score (nSPS) is 10.4. The number of nitro groups is 1. The number of rotatable bonds is 5. The highest BCUT2D eigenvalue weighted by Gasteiger charge is 2.17. The maximum Gasteiger partial charge on any atom is 0.269 e. The molecule has 126 valence electrons. The van der Waals surface area contributed by atoms with Crippen molar-refractivity contribution in [3.63, 3.8) is 0 Å². The van der Waals surface area contributed by atoms with Gasteiger partial charge in [0.15, 0.2) is 0 Å². The highest BCUT2D eigenvalue weighted by molar-refractivity contribution is 7.16. The summed E-state index contributed by atoms with van der Waals surface area (Å²) in [5.74, 6) is -0.161. The molecule has 0 aliphatic heterocycles. The number of nitro benzene ring substituents is 1. The number of benzene rings is 2. The van der Waals surface area contributed by atoms with E-state index >= 15 is 0 Å². The molecule has 0 aliphatic carbocycles. The van der Waals surface area contributed by atoms with E-state index in [0.717, 1.165) is 10.6 Å². The molecular formula is C18H15N3O3S. The third-order valence-corrected chi connectivity index (χ3v) is 4.66. The molecule has 0 saturated heterocycles. The van der Waals surface area contributed by atoms with Crippen molar-refractivity contribution in [2.75, 3.05) is 7.05 Å². The summed E-state index contributed by atoms with van der Waals surface area (Å²) in [6, 6.07) is 16.0. The lowest BCUT2D eigenvalue weighted by Gasteiger charge is -2.15. The van der Waals surface area contributed by atoms with Crippen LogP contribution in [0.15, 0.2) is 60.8 Å². The molecule has 25 heavy (non-hydrogen) atoms. The number of nitrogens with zero attached hydrogens (tertiary/aromatic N) is 3. The lowest BCUT2D eigenvalue weighted by Crippen LogP contribution is -2.25. The van der Waals surface area contributed by atoms with Crippen LogP contribution < -0.4 is 0 Å². The number of hydrogen-bond donors (Lipinski definition) is 0. The predicted molar refractivity (Wildman–Crippen MR) is 96.4 cm³/mol. The predicted octanol–water partition coefficient (Wildman–Crippen LogP) is 3.99. The smallest absolute Gasteiger partial charge is 0.269 e. The first kappa shape index (κ1) is 16.8. The molecule has 0 spiro atoms. The van der Waals surface area contributed by atoms with E-state index in [1.165, 1.54) is 28.4 Å². The van der Waals surface area contributed by atoms with E-state index in [1.54, 1.807) is 25.4 Å². The Bertz CT molecular complexity index is 909. The lowest BCUT2D eigenvalue weighted by atomic mass is 10.2. The van der Waals surface area contributed by atoms with Gasteiger partial charge in [-0.05, 0) is 5.56 Å². The zero-order valence-electron chi connectivity index (χ0n) is 13.5. The zero-order valence-corrected chi connectivity index (χ0v) is 14.3. The minimum Gasteiger partial charge on any atom is -0.337 e. The van der Waals surface area contributed by atoms with E-state index in [4.69, 9.17) is 0 Å². The molecule has 6 nitrogen and oxygen atoms in total. The van der Waals surface area contributed by atoms with Gasteiger partial charge in [-0.2, -0.15) is 0 Å². The number of carbonyl (C=O) groups is 1. The summed E-state index contributed by atoms with van der Waals surface area (Å²) in [5.41, 5.74) is 1.69. The van der Waals surface area contributed by atoms with Crippen LogP contribution in [-0.4, -0.2) is 27.8 Å². The molecule has 1 aromatic heterocycles. The Hall–Kier alpha value is -3.06. The van der Waals surface area contributed by atoms with Gasteiger partial charge in [0.1, 0.15) is 9.88 Å². The molecule has 0 fully saturated rings. The molecular weight excluding hydrogens is 338 g/mol. The van der Waals surface area contributed by atoms with Gasteiger partial charge in [-0.1, -0.05) is 42.5 Å². The quantitative estimate of drug-likeness (QED) is 0.513. The van der Waals surface area contributed by atoms with Gasteiger partial charge in [0.05, 0.1) is 11.1 Å². The van der Waals surface area contributed by atoms with Gasteiger partial charge in [-0.15, -0.1) is 11.3 Å². The Labute approximate surface area is 148 Å². The maximum atomic E-state index is 12.6. The molecule has 0 N–H and O–H groups in total. The van der Waals surface area contributed by atoms with Crippen molar-refractivity contribution in [1.29, 1.82) is 0 Å². The number of non-ortho nitro benzene ring substituents is 1. The van der Waals surface area contributed by atoms with Gasteiger partial charge in [0.25, 0.3) is 11.6 Å². The molecule has 0 bridgehead atoms. The number of carbonyl (C=O) groups excluding carboxylic acids is 1. The van der Waals surface area contributed by atoms with Gasteiger partial charge in [-0.25, -0.2) is 4.98 Å². The maximum absolute atomic E-state index is 12.6. The second kappa shape index (κ2) is 7.23. The summed E-state index contributed by atoms with van der Waals surface area (Å²) < 4.78 is 0. The van der Waals surface area contributed by atoms with Gasteiger partial charge in [-0.3, -0.25) is 14.9 Å². The second-order valence-electron chi connectivity index (χ2n) is 5.48. The Balaban J connectivity index is 1.74. The third-order valence-electron chi connectivity index (χ3n) is 3.63. The topological polar surface area (TPSA) is 76.3 Å². The van der Waals surface area contributed by atoms with Crippen molar-refractivity contribution in [2.24, 2.45) is 0 Å². The fourth-order valence-electron chi connectivity index (χ4n) is 2.39. The highest BCUT2D eigenvalue weighted by Crippen LogP contribution is 2.26. The summed E-state index contributed by atoms with van der Waals surface area (Å²) in [7, 11) is 1.67. The van der Waals surface area contributed by atoms with Gasteiger partial charge < -0.3 is 4.90 Å². The van der Waals surface area contributed by atoms with E-state index in [0.29, 0.717) is 17.0 Å². The molecule has 0 radical (unpaired) electrons. The SMILES string of the molecule is CN(Cc1cccc([N+](=O)[O-])c1)C(=O)c1cnc(-c2ccccc2)s1. The van der Waals surface area contributed by atoms with Gasteiger partial charge in [0.2, 0.25) is 0 Å². The van der Waals surface area contributed by atoms with Crippen LogP contribution in [0.3, 0.4) is 0 Å². The Morgan fingerprint density at radius 1 is 1.20 bits per heavy atom. The largest absolute Gasteiger partial charge is 0.337 e. The standard InChI is InChI=1S/C18H15N3O3S/c1-20(12-13-6-5-9-15(10-13)21(23)24)18(22)16-11-19-17(25-16)14-7-3-2-4-8-14/h2-11H,12H2,1H3. The Morgan fingerprint density at radius 2 is 1.96 bits per heavy atom. The number of thiazole rings is 1. The van der Waals surface area contributed by atoms with Crippen LogP contribution in [0, 0.1) is 10.1 Å². The molecule has 3 rings (SSSR count). The van der Waals surface area contributed by atoms with Crippen LogP contribution in [0.25, 0.3) is 10.6 Å². The second-order valence-corrected chi connectivity index (χ2v) is 6.51. The van der Waals surface area contributed by atoms with Crippen molar-refractivity contribution >= 4 is 22.9 Å². The van der Waals surface area contributed by atoms with Crippen molar-refractivity contribution < 1.29 is 9.72 Å². The third kappa shape index (κ3) is 3.89. The molecule has 0 saturated carbocycles. The summed E-state index contributed by atoms with van der Waals surface area (Å²) in [5, 5.41) is 11.6. The average Bonchev–Trinajstić information content (AvgIpc) is 3.12. The molecule has 0 atom stereocenters. The molecule has 7 heteroatoms. The first-order valence-electron chi connectivity index (χ1n) is 7.54. The van der Waals surface area contributed by atoms with Crippen molar-refractivity contribution in [2.45, 2.75) is 6.54 Å². The van der Waals surface area contributed by atoms with E-state index in [2.05, 4.69) is 4.98 Å². The first-order valence-corrected chi connectivity index (χ1v) is 8.36. The van der Waals surface area contributed by atoms with Crippen LogP contribution in [0.5, 0.6) is 0 Å². The fourth-order valence-corrected chi connectivity index (χ4v) is 3.31. The summed E-state index contributed by atoms with van der Waals surface area (Å²) in [6.07, 6.45) is 1.57. The molecule has 0 aliphatic rings. The first-order chi connectivity index (χ1) is 12.0. The molecule has 1 amide bonds. The number of amides is 1. The fraction of sp³-hybridized carbons (Fsp3) is 0.111. The molecule has 1 heterocycles. The van der Waals surface area contributed by atoms with E-state index < -0.39 is 4.92 Å². The minimum absolute atomic E-state index is 0.0162. The average molecular weight is 353 g/mol. The Morgan fingerprint density at radius 3 is 2.68 bits per heavy atom. The van der Waals surface area contributed by atoms with Crippen molar-refractivity contribution in [1.82, 2.24) is 9.88 Å². The molecule has 2 aromatic carbocycles. The summed E-state index contributed by atoms with van der Waals surface area (Å²) in [6.45, 7) is 0.291. The van der Waals surface area contributed by atoms with Gasteiger partial charge in [0, 0.05) is 31.3 Å². The van der Waals surface area contributed by atoms with Crippen LogP contribution in [0.2, 0.25) is 0 Å². The van der Waals surface area contributed by atoms with Crippen LogP contribution >= 0.6 is 11.3 Å².